The van der Waals surface area contributed by atoms with Crippen LogP contribution in [0.2, 0.25) is 0 Å². The quantitative estimate of drug-likeness (QED) is 0.630. The van der Waals surface area contributed by atoms with Crippen LogP contribution in [0.25, 0.3) is 0 Å². The monoisotopic (exact) mass is 351 g/mol. The van der Waals surface area contributed by atoms with Crippen molar-refractivity contribution < 1.29 is 13.3 Å². The third-order valence-electron chi connectivity index (χ3n) is 4.19. The summed E-state index contributed by atoms with van der Waals surface area (Å²) in [5.41, 5.74) is 0.769. The number of rotatable bonds is 4. The predicted molar refractivity (Wildman–Crippen MR) is 87.2 cm³/mol. The van der Waals surface area contributed by atoms with Gasteiger partial charge in [-0.15, -0.1) is 0 Å². The first-order valence-corrected chi connectivity index (χ1v) is 8.97. The van der Waals surface area contributed by atoms with Gasteiger partial charge in [0.15, 0.2) is 4.90 Å². The van der Waals surface area contributed by atoms with Gasteiger partial charge in [0, 0.05) is 30.9 Å². The second-order valence-corrected chi connectivity index (χ2v) is 7.25. The summed E-state index contributed by atoms with van der Waals surface area (Å²) >= 11 is 0. The van der Waals surface area contributed by atoms with Crippen LogP contribution in [0.15, 0.2) is 35.4 Å². The maximum absolute atomic E-state index is 11.7. The van der Waals surface area contributed by atoms with E-state index in [-0.39, 0.29) is 11.6 Å². The molecule has 0 saturated carbocycles. The van der Waals surface area contributed by atoms with Gasteiger partial charge in [0.25, 0.3) is 0 Å². The molecule has 1 aromatic carbocycles. The lowest BCUT2D eigenvalue weighted by Gasteiger charge is -2.33. The second-order valence-electron chi connectivity index (χ2n) is 5.72. The highest BCUT2D eigenvalue weighted by Crippen LogP contribution is 2.37. The van der Waals surface area contributed by atoms with E-state index < -0.39 is 25.5 Å². The number of hydrogen-bond acceptors (Lipinski definition) is 6. The number of aromatic nitrogens is 2. The number of nitrogens with two attached hydrogens (primary N) is 1. The predicted octanol–water partition coefficient (Wildman–Crippen LogP) is 1.35. The summed E-state index contributed by atoms with van der Waals surface area (Å²) in [6.45, 7) is 1.15. The van der Waals surface area contributed by atoms with Gasteiger partial charge < -0.3 is 4.90 Å². The van der Waals surface area contributed by atoms with Crippen LogP contribution < -0.4 is 10.0 Å². The maximum Gasteiger partial charge on any atom is 0.312 e. The fourth-order valence-corrected chi connectivity index (χ4v) is 3.84. The van der Waals surface area contributed by atoms with Crippen LogP contribution in [0.5, 0.6) is 0 Å². The Morgan fingerprint density at radius 3 is 2.79 bits per heavy atom. The van der Waals surface area contributed by atoms with Crippen molar-refractivity contribution in [1.29, 1.82) is 0 Å². The van der Waals surface area contributed by atoms with E-state index in [1.54, 1.807) is 12.3 Å². The maximum atomic E-state index is 11.7. The molecule has 2 heterocycles. The van der Waals surface area contributed by atoms with Crippen molar-refractivity contribution in [2.24, 2.45) is 5.14 Å². The lowest BCUT2D eigenvalue weighted by Crippen LogP contribution is -2.35. The fraction of sp³-hybridized carbons (Fsp3) is 0.357. The fourth-order valence-electron chi connectivity index (χ4n) is 3.12. The summed E-state index contributed by atoms with van der Waals surface area (Å²) in [4.78, 5) is 12.2. The van der Waals surface area contributed by atoms with Crippen LogP contribution in [-0.2, 0) is 10.0 Å². The molecule has 1 unspecified atom stereocenters. The van der Waals surface area contributed by atoms with Crippen LogP contribution in [-0.4, -0.2) is 36.6 Å². The van der Waals surface area contributed by atoms with Crippen molar-refractivity contribution in [3.05, 3.63) is 46.3 Å². The van der Waals surface area contributed by atoms with Gasteiger partial charge in [-0.2, -0.15) is 5.10 Å². The zero-order chi connectivity index (χ0) is 17.3. The van der Waals surface area contributed by atoms with E-state index in [1.165, 1.54) is 6.07 Å². The highest BCUT2D eigenvalue weighted by Gasteiger charge is 2.32. The number of piperidine rings is 1. The molecular weight excluding hydrogens is 334 g/mol. The molecule has 10 heteroatoms. The van der Waals surface area contributed by atoms with Gasteiger partial charge in [0.05, 0.1) is 4.92 Å². The molecule has 0 spiro atoms. The van der Waals surface area contributed by atoms with Crippen LogP contribution in [0, 0.1) is 10.1 Å². The number of H-pyrrole nitrogens is 1. The molecule has 1 aliphatic rings. The molecule has 0 amide bonds. The average molecular weight is 351 g/mol. The van der Waals surface area contributed by atoms with Crippen molar-refractivity contribution in [3.8, 4) is 0 Å². The topological polar surface area (TPSA) is 135 Å². The number of para-hydroxylation sites is 1. The van der Waals surface area contributed by atoms with Crippen molar-refractivity contribution >= 4 is 21.4 Å². The van der Waals surface area contributed by atoms with Gasteiger partial charge in [-0.3, -0.25) is 15.2 Å². The Bertz CT molecular complexity index is 850. The van der Waals surface area contributed by atoms with E-state index in [0.717, 1.165) is 24.6 Å². The largest absolute Gasteiger partial charge is 0.365 e. The molecule has 0 aliphatic carbocycles. The molecular formula is C14H17N5O4S. The second kappa shape index (κ2) is 6.21. The molecule has 24 heavy (non-hydrogen) atoms. The molecule has 0 radical (unpaired) electrons. The summed E-state index contributed by atoms with van der Waals surface area (Å²) in [6.07, 6.45) is 3.43. The molecule has 9 nitrogen and oxygen atoms in total. The Hall–Kier alpha value is -2.46. The summed E-state index contributed by atoms with van der Waals surface area (Å²) < 4.78 is 23.4. The highest BCUT2D eigenvalue weighted by atomic mass is 32.2. The number of anilines is 1. The molecule has 1 aliphatic heterocycles. The molecule has 1 fully saturated rings. The van der Waals surface area contributed by atoms with Gasteiger partial charge in [0.2, 0.25) is 10.0 Å². The van der Waals surface area contributed by atoms with Crippen molar-refractivity contribution in [1.82, 2.24) is 10.2 Å². The van der Waals surface area contributed by atoms with E-state index >= 15 is 0 Å². The lowest BCUT2D eigenvalue weighted by molar-refractivity contribution is -0.387. The first-order chi connectivity index (χ1) is 11.4. The molecule has 1 aromatic heterocycles. The first kappa shape index (κ1) is 16.4. The number of nitro groups is 1. The van der Waals surface area contributed by atoms with Gasteiger partial charge in [-0.05, 0) is 31.0 Å². The van der Waals surface area contributed by atoms with E-state index in [2.05, 4.69) is 10.2 Å². The highest BCUT2D eigenvalue weighted by molar-refractivity contribution is 7.89. The Labute approximate surface area is 138 Å². The van der Waals surface area contributed by atoms with Crippen LogP contribution >= 0.6 is 0 Å². The number of aromatic amines is 1. The van der Waals surface area contributed by atoms with E-state index in [0.29, 0.717) is 13.1 Å². The molecule has 1 atom stereocenters. The SMILES string of the molecule is NS(=O)(=O)c1cccc(N2CCCC(c3ccn[nH]3)C2)c1[N+](=O)[O-]. The zero-order valence-corrected chi connectivity index (χ0v) is 13.6. The standard InChI is InChI=1S/C14H17N5O4S/c15-24(22,23)13-5-1-4-12(14(13)19(20)21)18-8-2-3-10(9-18)11-6-7-16-17-11/h1,4-7,10H,2-3,8-9H2,(H,16,17)(H2,15,22,23). The van der Waals surface area contributed by atoms with E-state index in [1.807, 2.05) is 11.0 Å². The van der Waals surface area contributed by atoms with Gasteiger partial charge in [-0.25, -0.2) is 13.6 Å². The number of hydrogen-bond donors (Lipinski definition) is 2. The lowest BCUT2D eigenvalue weighted by atomic mass is 9.94. The Morgan fingerprint density at radius 1 is 1.38 bits per heavy atom. The van der Waals surface area contributed by atoms with Gasteiger partial charge in [0.1, 0.15) is 5.69 Å². The molecule has 3 rings (SSSR count). The number of nitro benzene ring substituents is 1. The summed E-state index contributed by atoms with van der Waals surface area (Å²) in [5.74, 6) is 0.152. The van der Waals surface area contributed by atoms with E-state index in [9.17, 15) is 18.5 Å². The normalized spacial score (nSPS) is 18.5. The number of sulfonamides is 1. The summed E-state index contributed by atoms with van der Waals surface area (Å²) in [6, 6.07) is 6.07. The summed E-state index contributed by atoms with van der Waals surface area (Å²) in [5, 5.41) is 23.5. The molecule has 3 N–H and O–H groups in total. The minimum Gasteiger partial charge on any atom is -0.365 e. The molecule has 2 aromatic rings. The number of nitrogens with zero attached hydrogens (tertiary/aromatic N) is 3. The molecule has 0 bridgehead atoms. The third kappa shape index (κ3) is 3.10. The molecule has 1 saturated heterocycles. The van der Waals surface area contributed by atoms with Crippen molar-refractivity contribution in [2.75, 3.05) is 18.0 Å². The Kier molecular flexibility index (Phi) is 4.24. The molecule has 128 valence electrons. The van der Waals surface area contributed by atoms with Crippen LogP contribution in [0.3, 0.4) is 0 Å². The first-order valence-electron chi connectivity index (χ1n) is 7.42. The third-order valence-corrected chi connectivity index (χ3v) is 5.13. The minimum absolute atomic E-state index is 0.152. The Morgan fingerprint density at radius 2 is 2.17 bits per heavy atom. The number of primary sulfonamides is 1. The van der Waals surface area contributed by atoms with Crippen LogP contribution in [0.1, 0.15) is 24.5 Å². The van der Waals surface area contributed by atoms with Crippen molar-refractivity contribution in [2.45, 2.75) is 23.7 Å². The minimum atomic E-state index is -4.18. The summed E-state index contributed by atoms with van der Waals surface area (Å²) in [7, 11) is -4.18. The number of benzene rings is 1. The zero-order valence-electron chi connectivity index (χ0n) is 12.8. The van der Waals surface area contributed by atoms with Gasteiger partial charge >= 0.3 is 5.69 Å². The van der Waals surface area contributed by atoms with E-state index in [4.69, 9.17) is 5.14 Å². The van der Waals surface area contributed by atoms with Gasteiger partial charge in [-0.1, -0.05) is 6.07 Å². The number of nitrogens with one attached hydrogen (secondary N) is 1. The van der Waals surface area contributed by atoms with Crippen LogP contribution in [0.4, 0.5) is 11.4 Å². The van der Waals surface area contributed by atoms with Crippen molar-refractivity contribution in [3.63, 3.8) is 0 Å². The Balaban J connectivity index is 2.01. The average Bonchev–Trinajstić information content (AvgIpc) is 3.08. The smallest absolute Gasteiger partial charge is 0.312 e.